The molecule has 3 heteroatoms. The minimum absolute atomic E-state index is 0.149. The van der Waals surface area contributed by atoms with E-state index in [1.54, 1.807) is 0 Å². The van der Waals surface area contributed by atoms with Gasteiger partial charge in [0.25, 0.3) is 0 Å². The van der Waals surface area contributed by atoms with Crippen LogP contribution in [0.3, 0.4) is 0 Å². The molecule has 0 bridgehead atoms. The topological polar surface area (TPSA) is 38.3 Å². The Bertz CT molecular complexity index is 990. The molecule has 1 aliphatic rings. The Morgan fingerprint density at radius 2 is 1.80 bits per heavy atom. The molecular formula is C27H31NO2. The van der Waals surface area contributed by atoms with Gasteiger partial charge in [0, 0.05) is 18.5 Å². The number of benzene rings is 3. The first-order chi connectivity index (χ1) is 14.6. The molecule has 0 heterocycles. The molecule has 0 radical (unpaired) electrons. The van der Waals surface area contributed by atoms with E-state index in [1.807, 2.05) is 0 Å². The SMILES string of the molecule is COC(=O)CCc1ccc([C@H]2CC[C@@H](NC(C)c3cccc4ccccc34)C2)cc1. The van der Waals surface area contributed by atoms with Crippen LogP contribution in [-0.4, -0.2) is 19.1 Å². The Kier molecular flexibility index (Phi) is 6.49. The summed E-state index contributed by atoms with van der Waals surface area (Å²) in [5, 5.41) is 6.54. The summed E-state index contributed by atoms with van der Waals surface area (Å²) in [6, 6.07) is 24.9. The van der Waals surface area contributed by atoms with Crippen molar-refractivity contribution in [3.8, 4) is 0 Å². The lowest BCUT2D eigenvalue weighted by molar-refractivity contribution is -0.140. The van der Waals surface area contributed by atoms with Crippen molar-refractivity contribution in [2.45, 2.75) is 57.0 Å². The van der Waals surface area contributed by atoms with E-state index < -0.39 is 0 Å². The molecule has 4 rings (SSSR count). The second-order valence-electron chi connectivity index (χ2n) is 8.48. The summed E-state index contributed by atoms with van der Waals surface area (Å²) >= 11 is 0. The Morgan fingerprint density at radius 1 is 1.03 bits per heavy atom. The molecule has 1 N–H and O–H groups in total. The van der Waals surface area contributed by atoms with E-state index in [1.165, 1.54) is 53.8 Å². The molecule has 0 saturated heterocycles. The summed E-state index contributed by atoms with van der Waals surface area (Å²) in [5.41, 5.74) is 3.99. The zero-order valence-corrected chi connectivity index (χ0v) is 17.9. The van der Waals surface area contributed by atoms with Gasteiger partial charge < -0.3 is 10.1 Å². The largest absolute Gasteiger partial charge is 0.469 e. The van der Waals surface area contributed by atoms with E-state index in [0.29, 0.717) is 24.4 Å². The predicted molar refractivity (Wildman–Crippen MR) is 123 cm³/mol. The molecule has 1 aliphatic carbocycles. The molecule has 1 unspecified atom stereocenters. The number of carbonyl (C=O) groups is 1. The molecule has 3 aromatic carbocycles. The number of hydrogen-bond acceptors (Lipinski definition) is 3. The lowest BCUT2D eigenvalue weighted by Crippen LogP contribution is -2.29. The van der Waals surface area contributed by atoms with E-state index in [9.17, 15) is 4.79 Å². The number of ether oxygens (including phenoxy) is 1. The Balaban J connectivity index is 1.35. The molecule has 1 fully saturated rings. The third-order valence-corrected chi connectivity index (χ3v) is 6.50. The van der Waals surface area contributed by atoms with Gasteiger partial charge in [0.15, 0.2) is 0 Å². The summed E-state index contributed by atoms with van der Waals surface area (Å²) in [7, 11) is 1.44. The normalized spacial score (nSPS) is 19.7. The minimum Gasteiger partial charge on any atom is -0.469 e. The number of carbonyl (C=O) groups excluding carboxylic acids is 1. The number of aryl methyl sites for hydroxylation is 1. The van der Waals surface area contributed by atoms with Crippen LogP contribution in [0.15, 0.2) is 66.7 Å². The maximum absolute atomic E-state index is 11.3. The lowest BCUT2D eigenvalue weighted by Gasteiger charge is -2.21. The highest BCUT2D eigenvalue weighted by atomic mass is 16.5. The molecule has 0 aliphatic heterocycles. The first-order valence-electron chi connectivity index (χ1n) is 11.0. The highest BCUT2D eigenvalue weighted by Crippen LogP contribution is 2.36. The lowest BCUT2D eigenvalue weighted by atomic mass is 9.95. The number of hydrogen-bond donors (Lipinski definition) is 1. The maximum Gasteiger partial charge on any atom is 0.305 e. The van der Waals surface area contributed by atoms with Crippen molar-refractivity contribution in [1.29, 1.82) is 0 Å². The first-order valence-corrected chi connectivity index (χ1v) is 11.0. The van der Waals surface area contributed by atoms with Crippen molar-refractivity contribution in [2.24, 2.45) is 0 Å². The molecule has 0 spiro atoms. The summed E-state index contributed by atoms with van der Waals surface area (Å²) in [6.07, 6.45) is 4.80. The Morgan fingerprint density at radius 3 is 2.60 bits per heavy atom. The zero-order valence-electron chi connectivity index (χ0n) is 17.9. The zero-order chi connectivity index (χ0) is 20.9. The molecule has 1 saturated carbocycles. The van der Waals surface area contributed by atoms with Crippen molar-refractivity contribution in [2.75, 3.05) is 7.11 Å². The van der Waals surface area contributed by atoms with Gasteiger partial charge in [-0.1, -0.05) is 66.7 Å². The van der Waals surface area contributed by atoms with Gasteiger partial charge in [0.05, 0.1) is 7.11 Å². The standard InChI is InChI=1S/C27H31NO2/c1-19(25-9-5-7-22-6-3-4-8-26(22)25)28-24-16-15-23(18-24)21-13-10-20(11-14-21)12-17-27(29)30-2/h3-11,13-14,19,23-24,28H,12,15-18H2,1-2H3/t19?,23-,24+/m0/s1. The van der Waals surface area contributed by atoms with Crippen LogP contribution in [0.1, 0.15) is 61.3 Å². The van der Waals surface area contributed by atoms with Crippen LogP contribution in [0.25, 0.3) is 10.8 Å². The van der Waals surface area contributed by atoms with Gasteiger partial charge in [-0.2, -0.15) is 0 Å². The maximum atomic E-state index is 11.3. The average molecular weight is 402 g/mol. The number of esters is 1. The van der Waals surface area contributed by atoms with Crippen LogP contribution < -0.4 is 5.32 Å². The van der Waals surface area contributed by atoms with Crippen molar-refractivity contribution >= 4 is 16.7 Å². The van der Waals surface area contributed by atoms with Crippen molar-refractivity contribution < 1.29 is 9.53 Å². The quantitative estimate of drug-likeness (QED) is 0.499. The van der Waals surface area contributed by atoms with Crippen molar-refractivity contribution in [3.63, 3.8) is 0 Å². The van der Waals surface area contributed by atoms with Crippen LogP contribution >= 0.6 is 0 Å². The van der Waals surface area contributed by atoms with Gasteiger partial charge in [-0.15, -0.1) is 0 Å². The number of methoxy groups -OCH3 is 1. The van der Waals surface area contributed by atoms with Crippen molar-refractivity contribution in [3.05, 3.63) is 83.4 Å². The van der Waals surface area contributed by atoms with Gasteiger partial charge in [0.1, 0.15) is 0 Å². The van der Waals surface area contributed by atoms with Crippen LogP contribution in [0.5, 0.6) is 0 Å². The Hall–Kier alpha value is -2.65. The second-order valence-corrected chi connectivity index (χ2v) is 8.48. The Labute approximate surface area is 179 Å². The predicted octanol–water partition coefficient (Wildman–Crippen LogP) is 5.93. The summed E-state index contributed by atoms with van der Waals surface area (Å²) in [5.74, 6) is 0.459. The van der Waals surface area contributed by atoms with Crippen LogP contribution in [-0.2, 0) is 16.0 Å². The fourth-order valence-electron chi connectivity index (χ4n) is 4.81. The molecule has 30 heavy (non-hydrogen) atoms. The van der Waals surface area contributed by atoms with E-state index in [2.05, 4.69) is 79.0 Å². The fourth-order valence-corrected chi connectivity index (χ4v) is 4.81. The van der Waals surface area contributed by atoms with Gasteiger partial charge in [0.2, 0.25) is 0 Å². The fraction of sp³-hybridized carbons (Fsp3) is 0.370. The van der Waals surface area contributed by atoms with E-state index in [4.69, 9.17) is 4.74 Å². The van der Waals surface area contributed by atoms with Crippen LogP contribution in [0.4, 0.5) is 0 Å². The summed E-state index contributed by atoms with van der Waals surface area (Å²) < 4.78 is 4.73. The summed E-state index contributed by atoms with van der Waals surface area (Å²) in [6.45, 7) is 2.28. The number of rotatable bonds is 7. The molecule has 156 valence electrons. The second kappa shape index (κ2) is 9.44. The molecule has 0 amide bonds. The third-order valence-electron chi connectivity index (χ3n) is 6.50. The third kappa shape index (κ3) is 4.73. The highest BCUT2D eigenvalue weighted by Gasteiger charge is 2.27. The number of nitrogens with one attached hydrogen (secondary N) is 1. The molecular weight excluding hydrogens is 370 g/mol. The van der Waals surface area contributed by atoms with E-state index >= 15 is 0 Å². The molecule has 3 aromatic rings. The van der Waals surface area contributed by atoms with Gasteiger partial charge in [-0.05, 0) is 66.0 Å². The van der Waals surface area contributed by atoms with E-state index in [-0.39, 0.29) is 5.97 Å². The van der Waals surface area contributed by atoms with Gasteiger partial charge in [-0.25, -0.2) is 0 Å². The van der Waals surface area contributed by atoms with Crippen LogP contribution in [0, 0.1) is 0 Å². The first kappa shape index (κ1) is 20.6. The molecule has 3 atom stereocenters. The minimum atomic E-state index is -0.149. The van der Waals surface area contributed by atoms with Gasteiger partial charge in [-0.3, -0.25) is 4.79 Å². The smallest absolute Gasteiger partial charge is 0.305 e. The molecule has 0 aromatic heterocycles. The van der Waals surface area contributed by atoms with Crippen LogP contribution in [0.2, 0.25) is 0 Å². The summed E-state index contributed by atoms with van der Waals surface area (Å²) in [4.78, 5) is 11.3. The number of fused-ring (bicyclic) bond motifs is 1. The van der Waals surface area contributed by atoms with Gasteiger partial charge >= 0.3 is 5.97 Å². The monoisotopic (exact) mass is 401 g/mol. The average Bonchev–Trinajstić information content (AvgIpc) is 3.25. The van der Waals surface area contributed by atoms with Crippen molar-refractivity contribution in [1.82, 2.24) is 5.32 Å². The molecule has 3 nitrogen and oxygen atoms in total. The highest BCUT2D eigenvalue weighted by molar-refractivity contribution is 5.86. The van der Waals surface area contributed by atoms with E-state index in [0.717, 1.165) is 6.42 Å².